The maximum atomic E-state index is 4.25. The molecule has 0 aromatic heterocycles. The van der Waals surface area contributed by atoms with Crippen LogP contribution in [0.5, 0.6) is 0 Å². The van der Waals surface area contributed by atoms with E-state index < -0.39 is 0 Å². The second-order valence-electron chi connectivity index (χ2n) is 19.7. The second kappa shape index (κ2) is 14.0. The average molecular weight is 740 g/mol. The van der Waals surface area contributed by atoms with E-state index in [1.807, 2.05) is 0 Å². The van der Waals surface area contributed by atoms with Crippen LogP contribution in [0.15, 0.2) is 138 Å². The number of anilines is 3. The normalized spacial score (nSPS) is 20.4. The first-order valence-corrected chi connectivity index (χ1v) is 21.2. The molecular weight excluding hydrogens is 677 g/mol. The molecule has 8 rings (SSSR count). The summed E-state index contributed by atoms with van der Waals surface area (Å²) in [5, 5.41) is 4.25. The third-order valence-corrected chi connectivity index (χ3v) is 13.1. The van der Waals surface area contributed by atoms with E-state index in [0.29, 0.717) is 5.92 Å². The van der Waals surface area contributed by atoms with Gasteiger partial charge < -0.3 is 15.1 Å². The first-order chi connectivity index (χ1) is 26.6. The van der Waals surface area contributed by atoms with Crippen molar-refractivity contribution in [2.24, 2.45) is 11.3 Å². The van der Waals surface area contributed by atoms with E-state index >= 15 is 0 Å². The minimum absolute atomic E-state index is 0.0321. The lowest BCUT2D eigenvalue weighted by atomic mass is 9.28. The van der Waals surface area contributed by atoms with Gasteiger partial charge >= 0.3 is 0 Å². The first-order valence-electron chi connectivity index (χ1n) is 21.2. The van der Waals surface area contributed by atoms with Crippen LogP contribution in [0.25, 0.3) is 11.1 Å². The summed E-state index contributed by atoms with van der Waals surface area (Å²) in [6.07, 6.45) is 12.0. The Balaban J connectivity index is 1.41. The summed E-state index contributed by atoms with van der Waals surface area (Å²) >= 11 is 0. The van der Waals surface area contributed by atoms with Gasteiger partial charge in [-0.2, -0.15) is 0 Å². The molecule has 56 heavy (non-hydrogen) atoms. The van der Waals surface area contributed by atoms with Crippen molar-refractivity contribution in [2.45, 2.75) is 112 Å². The Labute approximate surface area is 338 Å². The van der Waals surface area contributed by atoms with Gasteiger partial charge in [-0.25, -0.2) is 0 Å². The van der Waals surface area contributed by atoms with Crippen LogP contribution in [-0.4, -0.2) is 19.3 Å². The van der Waals surface area contributed by atoms with Crippen LogP contribution in [0.2, 0.25) is 5.82 Å². The Bertz CT molecular complexity index is 2270. The largest absolute Gasteiger partial charge is 0.379 e. The van der Waals surface area contributed by atoms with Gasteiger partial charge in [0.25, 0.3) is 0 Å². The molecule has 0 radical (unpaired) electrons. The van der Waals surface area contributed by atoms with Crippen molar-refractivity contribution in [3.63, 3.8) is 0 Å². The van der Waals surface area contributed by atoms with E-state index in [9.17, 15) is 0 Å². The molecule has 3 nitrogen and oxygen atoms in total. The quantitative estimate of drug-likeness (QED) is 0.199. The van der Waals surface area contributed by atoms with Gasteiger partial charge in [-0.1, -0.05) is 160 Å². The van der Waals surface area contributed by atoms with Gasteiger partial charge in [0.05, 0.1) is 6.04 Å². The number of fused-ring (bicyclic) bond motifs is 4. The zero-order chi connectivity index (χ0) is 39.7. The number of para-hydroxylation sites is 1. The van der Waals surface area contributed by atoms with E-state index in [4.69, 9.17) is 0 Å². The maximum absolute atomic E-state index is 4.25. The summed E-state index contributed by atoms with van der Waals surface area (Å²) in [5.74, 6) is 0.725. The maximum Gasteiger partial charge on any atom is 0.226 e. The number of likely N-dealkylation sites (N-methyl/N-ethyl adjacent to an activating group) is 1. The highest BCUT2D eigenvalue weighted by Crippen LogP contribution is 2.51. The fourth-order valence-corrected chi connectivity index (χ4v) is 9.78. The van der Waals surface area contributed by atoms with Crippen molar-refractivity contribution in [3.8, 4) is 11.1 Å². The fraction of sp³-hybridized carbons (Fsp3) is 0.385. The Kier molecular flexibility index (Phi) is 9.58. The molecule has 0 bridgehead atoms. The lowest BCUT2D eigenvalue weighted by Crippen LogP contribution is -2.63. The molecule has 288 valence electrons. The van der Waals surface area contributed by atoms with Crippen LogP contribution in [0.3, 0.4) is 0 Å². The molecule has 0 spiro atoms. The van der Waals surface area contributed by atoms with Crippen LogP contribution >= 0.6 is 0 Å². The number of nitrogens with one attached hydrogen (secondary N) is 1. The Hall–Kier alpha value is -4.70. The van der Waals surface area contributed by atoms with E-state index in [1.165, 1.54) is 72.9 Å². The van der Waals surface area contributed by atoms with Gasteiger partial charge in [-0.3, -0.25) is 0 Å². The third-order valence-electron chi connectivity index (χ3n) is 13.1. The molecule has 2 unspecified atom stereocenters. The van der Waals surface area contributed by atoms with Crippen molar-refractivity contribution >= 4 is 34.7 Å². The molecule has 0 saturated heterocycles. The van der Waals surface area contributed by atoms with Crippen molar-refractivity contribution in [1.29, 1.82) is 0 Å². The second-order valence-corrected chi connectivity index (χ2v) is 19.7. The highest BCUT2D eigenvalue weighted by Gasteiger charge is 2.52. The zero-order valence-corrected chi connectivity index (χ0v) is 35.8. The highest BCUT2D eigenvalue weighted by atomic mass is 15.2. The smallest absolute Gasteiger partial charge is 0.226 e. The van der Waals surface area contributed by atoms with Crippen LogP contribution in [0.4, 0.5) is 17.1 Å². The van der Waals surface area contributed by atoms with Gasteiger partial charge in [0.15, 0.2) is 0 Å². The third kappa shape index (κ3) is 6.57. The minimum Gasteiger partial charge on any atom is -0.379 e. The molecule has 4 aromatic rings. The fourth-order valence-electron chi connectivity index (χ4n) is 9.78. The molecule has 4 aromatic carbocycles. The summed E-state index contributed by atoms with van der Waals surface area (Å²) in [7, 11) is 0. The Morgan fingerprint density at radius 1 is 0.768 bits per heavy atom. The molecule has 4 aliphatic rings. The average Bonchev–Trinajstić information content (AvgIpc) is 3.17. The van der Waals surface area contributed by atoms with Gasteiger partial charge in [0, 0.05) is 52.1 Å². The number of allylic oxidation sites excluding steroid dienone is 4. The topological polar surface area (TPSA) is 18.5 Å². The zero-order valence-electron chi connectivity index (χ0n) is 35.8. The first kappa shape index (κ1) is 38.2. The Morgan fingerprint density at radius 3 is 2.05 bits per heavy atom. The summed E-state index contributed by atoms with van der Waals surface area (Å²) in [6, 6.07) is 34.7. The van der Waals surface area contributed by atoms with Crippen LogP contribution in [-0.2, 0) is 10.8 Å². The molecule has 2 heterocycles. The Morgan fingerprint density at radius 2 is 1.43 bits per heavy atom. The molecule has 4 heteroatoms. The summed E-state index contributed by atoms with van der Waals surface area (Å²) < 4.78 is 0. The van der Waals surface area contributed by atoms with Crippen LogP contribution in [0.1, 0.15) is 100 Å². The highest BCUT2D eigenvalue weighted by molar-refractivity contribution is 6.90. The van der Waals surface area contributed by atoms with Crippen molar-refractivity contribution in [3.05, 3.63) is 149 Å². The molecule has 0 saturated carbocycles. The van der Waals surface area contributed by atoms with Gasteiger partial charge in [-0.05, 0) is 100 Å². The minimum atomic E-state index is 0.0321. The molecule has 2 aliphatic carbocycles. The predicted octanol–water partition coefficient (Wildman–Crippen LogP) is 12.1. The van der Waals surface area contributed by atoms with Gasteiger partial charge in [0.2, 0.25) is 6.71 Å². The number of benzene rings is 4. The molecule has 0 amide bonds. The molecule has 0 fully saturated rings. The summed E-state index contributed by atoms with van der Waals surface area (Å²) in [6.45, 7) is 27.0. The summed E-state index contributed by atoms with van der Waals surface area (Å²) in [5.41, 5.74) is 17.8. The monoisotopic (exact) mass is 740 g/mol. The van der Waals surface area contributed by atoms with E-state index in [2.05, 4.69) is 207 Å². The lowest BCUT2D eigenvalue weighted by molar-refractivity contribution is 0.293. The van der Waals surface area contributed by atoms with E-state index in [-0.39, 0.29) is 34.8 Å². The van der Waals surface area contributed by atoms with Crippen molar-refractivity contribution in [1.82, 2.24) is 0 Å². The van der Waals surface area contributed by atoms with Gasteiger partial charge in [-0.15, -0.1) is 0 Å². The lowest BCUT2D eigenvalue weighted by Gasteiger charge is -2.52. The van der Waals surface area contributed by atoms with E-state index in [1.54, 1.807) is 0 Å². The van der Waals surface area contributed by atoms with Gasteiger partial charge in [0.1, 0.15) is 0 Å². The van der Waals surface area contributed by atoms with Crippen LogP contribution in [0, 0.1) is 11.3 Å². The van der Waals surface area contributed by atoms with Crippen molar-refractivity contribution in [2.75, 3.05) is 21.7 Å². The molecular formula is C52H62BN3. The number of hydrogen-bond acceptors (Lipinski definition) is 3. The standard InChI is InChI=1S/C52H62BN3/c1-12-39-46(55(13-2)44-22-18-17-21-40(44)34-19-15-14-16-20-34)33-47-48-49(39)54-43-29-25-36(51(6,7)8)31-41(43)53(48)42-32-37(52(9,10)11)26-30-45(42)56(47)38-27-23-35(24-28-38)50(3,4)5/h14-23,25-33,35,48-49,54H,12-13,24H2,1-11H3/t35?,48?,49-/m0/s1. The summed E-state index contributed by atoms with van der Waals surface area (Å²) in [4.78, 5) is 5.26. The van der Waals surface area contributed by atoms with Crippen LogP contribution < -0.4 is 26.0 Å². The number of rotatable bonds is 6. The van der Waals surface area contributed by atoms with Crippen molar-refractivity contribution < 1.29 is 0 Å². The number of nitrogens with zero attached hydrogens (tertiary/aromatic N) is 2. The number of hydrogen-bond donors (Lipinski definition) is 1. The SMILES string of the molecule is CCC1=C(N(CC)c2ccccc2-c2ccccc2)C=C2C3B(c4cc(C(C)(C)C)ccc4N[C@@H]13)c1cc(C(C)(C)C)ccc1N2C1=CCC(C(C)(C)C)C=C1. The molecule has 1 N–H and O–H groups in total. The molecule has 3 atom stereocenters. The van der Waals surface area contributed by atoms with E-state index in [0.717, 1.165) is 19.4 Å². The molecule has 2 aliphatic heterocycles. The predicted molar refractivity (Wildman–Crippen MR) is 244 cm³/mol.